The smallest absolute Gasteiger partial charge is 0.239 e. The molecule has 1 saturated carbocycles. The molecule has 114 valence electrons. The van der Waals surface area contributed by atoms with E-state index in [1.807, 2.05) is 0 Å². The van der Waals surface area contributed by atoms with Crippen LogP contribution in [0.1, 0.15) is 39.0 Å². The van der Waals surface area contributed by atoms with Crippen molar-refractivity contribution in [2.75, 3.05) is 27.2 Å². The number of likely N-dealkylation sites (N-methyl/N-ethyl adjacent to an activating group) is 1. The summed E-state index contributed by atoms with van der Waals surface area (Å²) in [7, 11) is 4.25. The normalized spacial score (nSPS) is 41.2. The zero-order chi connectivity index (χ0) is 14.3. The van der Waals surface area contributed by atoms with Crippen molar-refractivity contribution in [1.29, 1.82) is 0 Å². The molecule has 5 unspecified atom stereocenters. The lowest BCUT2D eigenvalue weighted by atomic mass is 9.85. The van der Waals surface area contributed by atoms with E-state index in [9.17, 15) is 4.79 Å². The van der Waals surface area contributed by atoms with Crippen molar-refractivity contribution in [2.24, 2.45) is 11.8 Å². The molecule has 20 heavy (non-hydrogen) atoms. The van der Waals surface area contributed by atoms with Crippen LogP contribution in [0, 0.1) is 11.8 Å². The zero-order valence-corrected chi connectivity index (χ0v) is 13.1. The van der Waals surface area contributed by atoms with Crippen LogP contribution in [0.2, 0.25) is 0 Å². The van der Waals surface area contributed by atoms with Gasteiger partial charge in [0.15, 0.2) is 0 Å². The van der Waals surface area contributed by atoms with Gasteiger partial charge in [-0.1, -0.05) is 19.8 Å². The minimum Gasteiger partial charge on any atom is -0.339 e. The van der Waals surface area contributed by atoms with Gasteiger partial charge in [-0.3, -0.25) is 4.79 Å². The van der Waals surface area contributed by atoms with Gasteiger partial charge in [0, 0.05) is 25.2 Å². The van der Waals surface area contributed by atoms with Crippen molar-refractivity contribution in [2.45, 2.75) is 57.2 Å². The molecule has 2 heterocycles. The summed E-state index contributed by atoms with van der Waals surface area (Å²) in [6.07, 6.45) is 6.34. The molecular formula is C16H29N3O. The average molecular weight is 279 g/mol. The minimum absolute atomic E-state index is 0.0937. The van der Waals surface area contributed by atoms with Crippen LogP contribution in [0.25, 0.3) is 0 Å². The van der Waals surface area contributed by atoms with E-state index >= 15 is 0 Å². The third kappa shape index (κ3) is 2.60. The summed E-state index contributed by atoms with van der Waals surface area (Å²) < 4.78 is 0. The maximum absolute atomic E-state index is 12.7. The highest BCUT2D eigenvalue weighted by molar-refractivity contribution is 5.82. The highest BCUT2D eigenvalue weighted by Gasteiger charge is 2.42. The number of amides is 1. The molecule has 0 aromatic carbocycles. The number of rotatable bonds is 2. The van der Waals surface area contributed by atoms with Crippen molar-refractivity contribution in [3.8, 4) is 0 Å². The number of carbonyl (C=O) groups is 1. The topological polar surface area (TPSA) is 35.6 Å². The summed E-state index contributed by atoms with van der Waals surface area (Å²) in [6, 6.07) is 1.22. The van der Waals surface area contributed by atoms with Crippen LogP contribution < -0.4 is 5.32 Å². The molecule has 5 atom stereocenters. The number of likely N-dealkylation sites (tertiary alicyclic amines) is 1. The number of fused-ring (bicyclic) bond motifs is 1. The Bertz CT molecular complexity index is 353. The fourth-order valence-electron chi connectivity index (χ4n) is 4.53. The maximum Gasteiger partial charge on any atom is 0.239 e. The minimum atomic E-state index is 0.0937. The molecule has 4 nitrogen and oxygen atoms in total. The van der Waals surface area contributed by atoms with E-state index in [4.69, 9.17) is 0 Å². The Morgan fingerprint density at radius 1 is 1.20 bits per heavy atom. The van der Waals surface area contributed by atoms with Crippen molar-refractivity contribution >= 4 is 5.91 Å². The molecule has 1 N–H and O–H groups in total. The summed E-state index contributed by atoms with van der Waals surface area (Å²) >= 11 is 0. The predicted octanol–water partition coefficient (Wildman–Crippen LogP) is 1.32. The van der Waals surface area contributed by atoms with Crippen LogP contribution in [0.3, 0.4) is 0 Å². The maximum atomic E-state index is 12.7. The van der Waals surface area contributed by atoms with Crippen molar-refractivity contribution in [1.82, 2.24) is 15.1 Å². The van der Waals surface area contributed by atoms with Gasteiger partial charge in [-0.05, 0) is 45.2 Å². The lowest BCUT2D eigenvalue weighted by Gasteiger charge is -2.24. The number of carbonyl (C=O) groups excluding carboxylic acids is 1. The average Bonchev–Trinajstić information content (AvgIpc) is 3.01. The fourth-order valence-corrected chi connectivity index (χ4v) is 4.53. The molecular weight excluding hydrogens is 250 g/mol. The first kappa shape index (κ1) is 14.3. The quantitative estimate of drug-likeness (QED) is 0.828. The van der Waals surface area contributed by atoms with Crippen LogP contribution in [0.5, 0.6) is 0 Å². The highest BCUT2D eigenvalue weighted by Crippen LogP contribution is 2.34. The third-order valence-electron chi connectivity index (χ3n) is 5.71. The summed E-state index contributed by atoms with van der Waals surface area (Å²) in [4.78, 5) is 17.1. The van der Waals surface area contributed by atoms with Gasteiger partial charge in [0.1, 0.15) is 0 Å². The number of hydrogen-bond donors (Lipinski definition) is 1. The Morgan fingerprint density at radius 2 is 1.95 bits per heavy atom. The number of hydrogen-bond acceptors (Lipinski definition) is 3. The lowest BCUT2D eigenvalue weighted by Crippen LogP contribution is -2.45. The first-order valence-corrected chi connectivity index (χ1v) is 8.27. The van der Waals surface area contributed by atoms with E-state index in [-0.39, 0.29) is 6.04 Å². The van der Waals surface area contributed by atoms with Crippen LogP contribution in [-0.4, -0.2) is 61.0 Å². The first-order chi connectivity index (χ1) is 9.56. The molecule has 4 heteroatoms. The van der Waals surface area contributed by atoms with Gasteiger partial charge in [-0.15, -0.1) is 0 Å². The molecule has 0 aromatic rings. The van der Waals surface area contributed by atoms with Gasteiger partial charge in [-0.2, -0.15) is 0 Å². The second kappa shape index (κ2) is 5.64. The molecule has 0 bridgehead atoms. The van der Waals surface area contributed by atoms with Gasteiger partial charge in [0.2, 0.25) is 5.91 Å². The molecule has 3 aliphatic rings. The molecule has 2 saturated heterocycles. The largest absolute Gasteiger partial charge is 0.339 e. The van der Waals surface area contributed by atoms with E-state index < -0.39 is 0 Å². The zero-order valence-electron chi connectivity index (χ0n) is 13.1. The van der Waals surface area contributed by atoms with E-state index in [1.165, 1.54) is 25.7 Å². The lowest BCUT2D eigenvalue weighted by molar-refractivity contribution is -0.132. The van der Waals surface area contributed by atoms with Crippen molar-refractivity contribution in [3.63, 3.8) is 0 Å². The van der Waals surface area contributed by atoms with E-state index in [1.54, 1.807) is 0 Å². The molecule has 2 aliphatic heterocycles. The number of nitrogens with zero attached hydrogens (tertiary/aromatic N) is 2. The van der Waals surface area contributed by atoms with Gasteiger partial charge < -0.3 is 15.1 Å². The summed E-state index contributed by atoms with van der Waals surface area (Å²) in [5.74, 6) is 1.69. The van der Waals surface area contributed by atoms with Crippen LogP contribution in [-0.2, 0) is 4.79 Å². The van der Waals surface area contributed by atoms with Crippen LogP contribution >= 0.6 is 0 Å². The Balaban J connectivity index is 1.60. The Labute approximate surface area is 122 Å². The summed E-state index contributed by atoms with van der Waals surface area (Å²) in [6.45, 7) is 4.09. The fraction of sp³-hybridized carbons (Fsp3) is 0.938. The van der Waals surface area contributed by atoms with Gasteiger partial charge in [-0.25, -0.2) is 0 Å². The monoisotopic (exact) mass is 279 g/mol. The standard InChI is InChI=1S/C16H29N3O/c1-11-9-19(10-15(11)18(2)3)16(20)14-8-12-6-4-5-7-13(12)17-14/h11-15,17H,4-10H2,1-3H3. The second-order valence-electron chi connectivity index (χ2n) is 7.36. The molecule has 1 aliphatic carbocycles. The van der Waals surface area contributed by atoms with Gasteiger partial charge >= 0.3 is 0 Å². The predicted molar refractivity (Wildman–Crippen MR) is 80.5 cm³/mol. The van der Waals surface area contributed by atoms with E-state index in [0.717, 1.165) is 25.4 Å². The van der Waals surface area contributed by atoms with Crippen molar-refractivity contribution in [3.05, 3.63) is 0 Å². The van der Waals surface area contributed by atoms with Gasteiger partial charge in [0.05, 0.1) is 6.04 Å². The molecule has 1 amide bonds. The molecule has 0 aromatic heterocycles. The van der Waals surface area contributed by atoms with E-state index in [2.05, 4.69) is 36.1 Å². The Hall–Kier alpha value is -0.610. The highest BCUT2D eigenvalue weighted by atomic mass is 16.2. The molecule has 0 radical (unpaired) electrons. The van der Waals surface area contributed by atoms with Crippen LogP contribution in [0.15, 0.2) is 0 Å². The summed E-state index contributed by atoms with van der Waals surface area (Å²) in [5, 5.41) is 3.62. The molecule has 0 spiro atoms. The Morgan fingerprint density at radius 3 is 2.60 bits per heavy atom. The van der Waals surface area contributed by atoms with Crippen molar-refractivity contribution < 1.29 is 4.79 Å². The third-order valence-corrected chi connectivity index (χ3v) is 5.71. The Kier molecular flexibility index (Phi) is 4.04. The van der Waals surface area contributed by atoms with Gasteiger partial charge in [0.25, 0.3) is 0 Å². The molecule has 3 fully saturated rings. The van der Waals surface area contributed by atoms with Crippen LogP contribution in [0.4, 0.5) is 0 Å². The number of nitrogens with one attached hydrogen (secondary N) is 1. The summed E-state index contributed by atoms with van der Waals surface area (Å²) in [5.41, 5.74) is 0. The van der Waals surface area contributed by atoms with E-state index in [0.29, 0.717) is 23.9 Å². The SMILES string of the molecule is CC1CN(C(=O)C2CC3CCCCC3N2)CC1N(C)C. The molecule has 3 rings (SSSR count). The second-order valence-corrected chi connectivity index (χ2v) is 7.36. The first-order valence-electron chi connectivity index (χ1n) is 8.27.